The second-order valence-corrected chi connectivity index (χ2v) is 16.5. The van der Waals surface area contributed by atoms with Gasteiger partial charge in [-0.25, -0.2) is 0 Å². The summed E-state index contributed by atoms with van der Waals surface area (Å²) in [6.07, 6.45) is 11.1. The van der Waals surface area contributed by atoms with E-state index in [0.29, 0.717) is 18.1 Å². The summed E-state index contributed by atoms with van der Waals surface area (Å²) in [6, 6.07) is 7.56. The predicted molar refractivity (Wildman–Crippen MR) is 113 cm³/mol. The Morgan fingerprint density at radius 3 is 2.24 bits per heavy atom. The van der Waals surface area contributed by atoms with Crippen LogP contribution in [-0.4, -0.2) is 18.7 Å². The van der Waals surface area contributed by atoms with Gasteiger partial charge in [-0.3, -0.25) is 0 Å². The second-order valence-electron chi connectivity index (χ2n) is 7.26. The third-order valence-electron chi connectivity index (χ3n) is 5.15. The second kappa shape index (κ2) is 11.2. The van der Waals surface area contributed by atoms with Crippen LogP contribution < -0.4 is 0 Å². The quantitative estimate of drug-likeness (QED) is 0.216. The van der Waals surface area contributed by atoms with Gasteiger partial charge in [-0.2, -0.15) is 0 Å². The van der Waals surface area contributed by atoms with Gasteiger partial charge in [0.1, 0.15) is 0 Å². The Labute approximate surface area is 168 Å². The molecule has 0 spiro atoms. The van der Waals surface area contributed by atoms with Crippen LogP contribution in [0.25, 0.3) is 0 Å². The van der Waals surface area contributed by atoms with Crippen molar-refractivity contribution in [3.63, 3.8) is 0 Å². The van der Waals surface area contributed by atoms with E-state index in [2.05, 4.69) is 31.2 Å². The van der Waals surface area contributed by atoms with Crippen molar-refractivity contribution >= 4 is 39.2 Å². The molecule has 0 radical (unpaired) electrons. The number of unbranched alkanes of at least 4 members (excludes halogenated alkanes) is 2. The molecule has 0 saturated heterocycles. The predicted octanol–water partition coefficient (Wildman–Crippen LogP) is 7.51. The number of benzene rings is 1. The molecule has 1 aromatic carbocycles. The van der Waals surface area contributed by atoms with Gasteiger partial charge in [0.15, 0.2) is 0 Å². The summed E-state index contributed by atoms with van der Waals surface area (Å²) in [7, 11) is 0. The Hall–Kier alpha value is 0.267. The molecule has 1 saturated carbocycles. The lowest BCUT2D eigenvalue weighted by Gasteiger charge is -2.29. The van der Waals surface area contributed by atoms with Gasteiger partial charge in [-0.15, -0.1) is 33.2 Å². The van der Waals surface area contributed by atoms with E-state index in [9.17, 15) is 0 Å². The minimum Gasteiger partial charge on any atom is -0.378 e. The molecular formula is C20H31Cl3OSi. The van der Waals surface area contributed by atoms with Crippen LogP contribution in [0.2, 0.25) is 6.04 Å². The van der Waals surface area contributed by atoms with E-state index in [1.807, 2.05) is 0 Å². The molecule has 0 N–H and O–H groups in total. The highest BCUT2D eigenvalue weighted by atomic mass is 35.8. The van der Waals surface area contributed by atoms with E-state index < -0.39 is 6.00 Å². The maximum Gasteiger partial charge on any atom is 0.341 e. The van der Waals surface area contributed by atoms with Crippen LogP contribution in [0.1, 0.15) is 75.3 Å². The Morgan fingerprint density at radius 1 is 0.960 bits per heavy atom. The van der Waals surface area contributed by atoms with Gasteiger partial charge in [0, 0.05) is 6.61 Å². The van der Waals surface area contributed by atoms with Crippen molar-refractivity contribution < 1.29 is 4.74 Å². The standard InChI is InChI=1S/C20H31Cl3OSi/c1-2-3-4-6-17-7-9-18(10-8-17)19-11-13-20(14-12-19)24-15-5-16-25(21,22)23/h7-10,19-20H,2-6,11-16H2,1H3/t19-,20-. The number of rotatable bonds is 10. The molecule has 5 heteroatoms. The van der Waals surface area contributed by atoms with Crippen LogP contribution in [0.4, 0.5) is 0 Å². The lowest BCUT2D eigenvalue weighted by molar-refractivity contribution is 0.0251. The molecule has 0 unspecified atom stereocenters. The van der Waals surface area contributed by atoms with Gasteiger partial charge in [0.25, 0.3) is 0 Å². The van der Waals surface area contributed by atoms with Gasteiger partial charge in [-0.1, -0.05) is 44.0 Å². The van der Waals surface area contributed by atoms with E-state index in [1.165, 1.54) is 49.7 Å². The van der Waals surface area contributed by atoms with Crippen LogP contribution in [0, 0.1) is 0 Å². The maximum atomic E-state index is 5.98. The minimum absolute atomic E-state index is 0.390. The summed E-state index contributed by atoms with van der Waals surface area (Å²) in [5.41, 5.74) is 2.98. The summed E-state index contributed by atoms with van der Waals surface area (Å²) >= 11 is 17.7. The lowest BCUT2D eigenvalue weighted by Crippen LogP contribution is -2.22. The van der Waals surface area contributed by atoms with E-state index in [0.717, 1.165) is 25.9 Å². The first kappa shape index (κ1) is 21.6. The molecule has 1 aromatic rings. The van der Waals surface area contributed by atoms with Gasteiger partial charge < -0.3 is 4.74 Å². The first-order chi connectivity index (χ1) is 12.0. The average Bonchev–Trinajstić information content (AvgIpc) is 2.59. The zero-order valence-corrected chi connectivity index (χ0v) is 18.6. The first-order valence-corrected chi connectivity index (χ1v) is 15.0. The summed E-state index contributed by atoms with van der Waals surface area (Å²) in [6.45, 7) is 2.98. The smallest absolute Gasteiger partial charge is 0.341 e. The van der Waals surface area contributed by atoms with Gasteiger partial charge in [-0.05, 0) is 68.0 Å². The fourth-order valence-electron chi connectivity index (χ4n) is 3.62. The van der Waals surface area contributed by atoms with Crippen molar-refractivity contribution in [2.45, 2.75) is 82.8 Å². The average molecular weight is 422 g/mol. The highest BCUT2D eigenvalue weighted by molar-refractivity contribution is 7.64. The van der Waals surface area contributed by atoms with Crippen molar-refractivity contribution in [1.82, 2.24) is 0 Å². The van der Waals surface area contributed by atoms with Crippen molar-refractivity contribution in [2.24, 2.45) is 0 Å². The van der Waals surface area contributed by atoms with E-state index >= 15 is 0 Å². The van der Waals surface area contributed by atoms with E-state index in [1.54, 1.807) is 0 Å². The van der Waals surface area contributed by atoms with Crippen LogP contribution in [0.15, 0.2) is 24.3 Å². The summed E-state index contributed by atoms with van der Waals surface area (Å²) < 4.78 is 5.98. The van der Waals surface area contributed by atoms with Crippen LogP contribution >= 0.6 is 33.2 Å². The summed E-state index contributed by atoms with van der Waals surface area (Å²) in [5.74, 6) is 0.693. The topological polar surface area (TPSA) is 9.23 Å². The number of aryl methyl sites for hydroxylation is 1. The van der Waals surface area contributed by atoms with Crippen LogP contribution in [-0.2, 0) is 11.2 Å². The molecule has 1 aliphatic carbocycles. The normalized spacial score (nSPS) is 21.4. The maximum absolute atomic E-state index is 5.98. The number of hydrogen-bond donors (Lipinski definition) is 0. The van der Waals surface area contributed by atoms with Crippen molar-refractivity contribution in [3.8, 4) is 0 Å². The molecule has 2 rings (SSSR count). The summed E-state index contributed by atoms with van der Waals surface area (Å²) in [5, 5.41) is 0. The molecule has 142 valence electrons. The fraction of sp³-hybridized carbons (Fsp3) is 0.700. The largest absolute Gasteiger partial charge is 0.378 e. The third kappa shape index (κ3) is 8.66. The van der Waals surface area contributed by atoms with Crippen molar-refractivity contribution in [2.75, 3.05) is 6.61 Å². The van der Waals surface area contributed by atoms with Gasteiger partial charge in [0.05, 0.1) is 6.10 Å². The third-order valence-corrected chi connectivity index (χ3v) is 7.77. The molecule has 1 fully saturated rings. The van der Waals surface area contributed by atoms with Crippen molar-refractivity contribution in [3.05, 3.63) is 35.4 Å². The molecule has 0 bridgehead atoms. The molecule has 0 aliphatic heterocycles. The Kier molecular flexibility index (Phi) is 9.65. The Morgan fingerprint density at radius 2 is 1.64 bits per heavy atom. The lowest BCUT2D eigenvalue weighted by atomic mass is 9.82. The zero-order chi connectivity index (χ0) is 18.1. The number of ether oxygens (including phenoxy) is 1. The van der Waals surface area contributed by atoms with Crippen molar-refractivity contribution in [1.29, 1.82) is 0 Å². The molecular weight excluding hydrogens is 391 g/mol. The molecule has 0 heterocycles. The van der Waals surface area contributed by atoms with Crippen LogP contribution in [0.3, 0.4) is 0 Å². The molecule has 0 amide bonds. The Bertz CT molecular complexity index is 479. The molecule has 0 aromatic heterocycles. The SMILES string of the molecule is CCCCCc1ccc([C@H]2CC[C@H](OCCC[Si](Cl)(Cl)Cl)CC2)cc1. The number of halogens is 3. The highest BCUT2D eigenvalue weighted by Crippen LogP contribution is 2.34. The minimum atomic E-state index is -2.48. The van der Waals surface area contributed by atoms with Gasteiger partial charge >= 0.3 is 6.00 Å². The summed E-state index contributed by atoms with van der Waals surface area (Å²) in [4.78, 5) is 0. The first-order valence-electron chi connectivity index (χ1n) is 9.75. The van der Waals surface area contributed by atoms with Crippen LogP contribution in [0.5, 0.6) is 0 Å². The number of hydrogen-bond acceptors (Lipinski definition) is 1. The van der Waals surface area contributed by atoms with E-state index in [4.69, 9.17) is 38.0 Å². The Balaban J connectivity index is 1.67. The van der Waals surface area contributed by atoms with E-state index in [-0.39, 0.29) is 0 Å². The van der Waals surface area contributed by atoms with Gasteiger partial charge in [0.2, 0.25) is 0 Å². The monoisotopic (exact) mass is 420 g/mol. The molecule has 25 heavy (non-hydrogen) atoms. The molecule has 1 nitrogen and oxygen atoms in total. The zero-order valence-electron chi connectivity index (χ0n) is 15.3. The fourth-order valence-corrected chi connectivity index (χ4v) is 5.37. The molecule has 1 aliphatic rings. The molecule has 0 atom stereocenters. The highest BCUT2D eigenvalue weighted by Gasteiger charge is 2.25.